The predicted molar refractivity (Wildman–Crippen MR) is 93.6 cm³/mol. The van der Waals surface area contributed by atoms with Gasteiger partial charge in [-0.25, -0.2) is 4.79 Å². The van der Waals surface area contributed by atoms with Crippen molar-refractivity contribution >= 4 is 23.3 Å². The topological polar surface area (TPSA) is 58.6 Å². The summed E-state index contributed by atoms with van der Waals surface area (Å²) in [6, 6.07) is 14.3. The molecule has 1 aliphatic rings. The number of ether oxygens (including phenoxy) is 1. The number of carbonyl (C=O) groups excluding carboxylic acids is 2. The van der Waals surface area contributed by atoms with Gasteiger partial charge in [-0.15, -0.1) is 0 Å². The Morgan fingerprint density at radius 2 is 1.71 bits per heavy atom. The van der Waals surface area contributed by atoms with Crippen LogP contribution in [0.2, 0.25) is 0 Å². The molecule has 1 saturated heterocycles. The Kier molecular flexibility index (Phi) is 4.79. The third-order valence-electron chi connectivity index (χ3n) is 4.14. The van der Waals surface area contributed by atoms with E-state index in [9.17, 15) is 9.59 Å². The molecule has 24 heavy (non-hydrogen) atoms. The first-order valence-corrected chi connectivity index (χ1v) is 8.02. The minimum Gasteiger partial charge on any atom is -0.465 e. The zero-order valence-corrected chi connectivity index (χ0v) is 13.6. The molecule has 1 heterocycles. The Labute approximate surface area is 141 Å². The van der Waals surface area contributed by atoms with Crippen molar-refractivity contribution in [2.24, 2.45) is 0 Å². The summed E-state index contributed by atoms with van der Waals surface area (Å²) >= 11 is 0. The van der Waals surface area contributed by atoms with Crippen molar-refractivity contribution in [3.63, 3.8) is 0 Å². The maximum absolute atomic E-state index is 12.4. The first-order valence-electron chi connectivity index (χ1n) is 8.02. The van der Waals surface area contributed by atoms with Crippen LogP contribution in [0.5, 0.6) is 0 Å². The first kappa shape index (κ1) is 16.1. The van der Waals surface area contributed by atoms with Gasteiger partial charge in [0.15, 0.2) is 0 Å². The summed E-state index contributed by atoms with van der Waals surface area (Å²) in [7, 11) is 1.33. The van der Waals surface area contributed by atoms with Crippen molar-refractivity contribution in [1.29, 1.82) is 0 Å². The van der Waals surface area contributed by atoms with Crippen LogP contribution in [0.15, 0.2) is 48.5 Å². The molecular weight excluding hydrogens is 304 g/mol. The smallest absolute Gasteiger partial charge is 0.337 e. The molecule has 1 fully saturated rings. The van der Waals surface area contributed by atoms with Crippen LogP contribution in [0.1, 0.15) is 33.6 Å². The van der Waals surface area contributed by atoms with Crippen molar-refractivity contribution in [3.05, 3.63) is 59.7 Å². The molecule has 5 nitrogen and oxygen atoms in total. The second kappa shape index (κ2) is 7.17. The van der Waals surface area contributed by atoms with Crippen LogP contribution in [0, 0.1) is 0 Å². The van der Waals surface area contributed by atoms with E-state index < -0.39 is 5.97 Å². The van der Waals surface area contributed by atoms with Crippen LogP contribution in [-0.2, 0) is 4.74 Å². The second-order valence-electron chi connectivity index (χ2n) is 5.77. The quantitative estimate of drug-likeness (QED) is 0.877. The average molecular weight is 324 g/mol. The lowest BCUT2D eigenvalue weighted by molar-refractivity contribution is 0.0600. The lowest BCUT2D eigenvalue weighted by Crippen LogP contribution is -2.18. The van der Waals surface area contributed by atoms with E-state index >= 15 is 0 Å². The molecule has 0 radical (unpaired) electrons. The number of methoxy groups -OCH3 is 1. The van der Waals surface area contributed by atoms with Gasteiger partial charge >= 0.3 is 5.97 Å². The zero-order valence-electron chi connectivity index (χ0n) is 13.6. The molecule has 0 atom stereocenters. The van der Waals surface area contributed by atoms with Crippen LogP contribution in [0.4, 0.5) is 11.4 Å². The Bertz CT molecular complexity index is 735. The fraction of sp³-hybridized carbons (Fsp3) is 0.263. The summed E-state index contributed by atoms with van der Waals surface area (Å²) in [6.45, 7) is 2.15. The summed E-state index contributed by atoms with van der Waals surface area (Å²) in [5, 5.41) is 2.81. The number of nitrogens with one attached hydrogen (secondary N) is 1. The lowest BCUT2D eigenvalue weighted by atomic mass is 10.1. The van der Waals surface area contributed by atoms with Crippen molar-refractivity contribution in [1.82, 2.24) is 0 Å². The Balaban J connectivity index is 1.69. The minimum atomic E-state index is -0.430. The molecule has 124 valence electrons. The van der Waals surface area contributed by atoms with Gasteiger partial charge in [-0.05, 0) is 55.3 Å². The fourth-order valence-electron chi connectivity index (χ4n) is 2.84. The third kappa shape index (κ3) is 3.56. The van der Waals surface area contributed by atoms with E-state index in [1.807, 2.05) is 24.3 Å². The zero-order chi connectivity index (χ0) is 16.9. The molecule has 1 aliphatic heterocycles. The fourth-order valence-corrected chi connectivity index (χ4v) is 2.84. The van der Waals surface area contributed by atoms with Crippen LogP contribution < -0.4 is 10.2 Å². The SMILES string of the molecule is COC(=O)c1cccc(NC(=O)c2ccc(N3CCCC3)cc2)c1. The van der Waals surface area contributed by atoms with Crippen LogP contribution in [0.25, 0.3) is 0 Å². The monoisotopic (exact) mass is 324 g/mol. The lowest BCUT2D eigenvalue weighted by Gasteiger charge is -2.17. The molecule has 5 heteroatoms. The molecule has 0 bridgehead atoms. The first-order chi connectivity index (χ1) is 11.7. The van der Waals surface area contributed by atoms with Gasteiger partial charge in [0.05, 0.1) is 12.7 Å². The van der Waals surface area contributed by atoms with E-state index in [0.717, 1.165) is 18.8 Å². The minimum absolute atomic E-state index is 0.204. The number of hydrogen-bond donors (Lipinski definition) is 1. The van der Waals surface area contributed by atoms with E-state index in [0.29, 0.717) is 16.8 Å². The van der Waals surface area contributed by atoms with Gasteiger partial charge in [0.1, 0.15) is 0 Å². The molecule has 0 spiro atoms. The summed E-state index contributed by atoms with van der Waals surface area (Å²) in [6.07, 6.45) is 2.44. The standard InChI is InChI=1S/C19H20N2O3/c1-24-19(23)15-5-4-6-16(13-15)20-18(22)14-7-9-17(10-8-14)21-11-2-3-12-21/h4-10,13H,2-3,11-12H2,1H3,(H,20,22). The maximum Gasteiger partial charge on any atom is 0.337 e. The summed E-state index contributed by atoms with van der Waals surface area (Å²) in [5.41, 5.74) is 2.70. The van der Waals surface area contributed by atoms with Gasteiger partial charge in [-0.3, -0.25) is 4.79 Å². The highest BCUT2D eigenvalue weighted by molar-refractivity contribution is 6.05. The summed E-state index contributed by atoms with van der Waals surface area (Å²) in [5.74, 6) is -0.633. The van der Waals surface area contributed by atoms with Gasteiger partial charge in [-0.2, -0.15) is 0 Å². The van der Waals surface area contributed by atoms with Gasteiger partial charge in [0.2, 0.25) is 0 Å². The van der Waals surface area contributed by atoms with Crippen LogP contribution in [0.3, 0.4) is 0 Å². The molecular formula is C19H20N2O3. The summed E-state index contributed by atoms with van der Waals surface area (Å²) < 4.78 is 4.69. The van der Waals surface area contributed by atoms with Crippen molar-refractivity contribution in [2.45, 2.75) is 12.8 Å². The van der Waals surface area contributed by atoms with Gasteiger partial charge in [0, 0.05) is 30.0 Å². The molecule has 2 aromatic carbocycles. The number of carbonyl (C=O) groups is 2. The van der Waals surface area contributed by atoms with E-state index in [4.69, 9.17) is 0 Å². The molecule has 0 saturated carbocycles. The highest BCUT2D eigenvalue weighted by Crippen LogP contribution is 2.21. The third-order valence-corrected chi connectivity index (χ3v) is 4.14. The molecule has 1 amide bonds. The van der Waals surface area contributed by atoms with Crippen molar-refractivity contribution < 1.29 is 14.3 Å². The Hall–Kier alpha value is -2.82. The normalized spacial score (nSPS) is 13.6. The van der Waals surface area contributed by atoms with Gasteiger partial charge < -0.3 is 15.0 Å². The predicted octanol–water partition coefficient (Wildman–Crippen LogP) is 3.33. The summed E-state index contributed by atoms with van der Waals surface area (Å²) in [4.78, 5) is 26.2. The molecule has 1 N–H and O–H groups in total. The number of hydrogen-bond acceptors (Lipinski definition) is 4. The molecule has 0 aromatic heterocycles. The number of anilines is 2. The van der Waals surface area contributed by atoms with E-state index in [2.05, 4.69) is 15.0 Å². The molecule has 0 aliphatic carbocycles. The van der Waals surface area contributed by atoms with Gasteiger partial charge in [0.25, 0.3) is 5.91 Å². The Morgan fingerprint density at radius 1 is 1.00 bits per heavy atom. The van der Waals surface area contributed by atoms with Crippen molar-refractivity contribution in [2.75, 3.05) is 30.4 Å². The molecule has 2 aromatic rings. The van der Waals surface area contributed by atoms with Crippen LogP contribution >= 0.6 is 0 Å². The number of nitrogens with zero attached hydrogens (tertiary/aromatic N) is 1. The number of rotatable bonds is 4. The number of esters is 1. The average Bonchev–Trinajstić information content (AvgIpc) is 3.16. The second-order valence-corrected chi connectivity index (χ2v) is 5.77. The van der Waals surface area contributed by atoms with Crippen LogP contribution in [-0.4, -0.2) is 32.1 Å². The largest absolute Gasteiger partial charge is 0.465 e. The highest BCUT2D eigenvalue weighted by Gasteiger charge is 2.13. The van der Waals surface area contributed by atoms with E-state index in [-0.39, 0.29) is 5.91 Å². The Morgan fingerprint density at radius 3 is 2.38 bits per heavy atom. The van der Waals surface area contributed by atoms with E-state index in [1.54, 1.807) is 24.3 Å². The number of benzene rings is 2. The maximum atomic E-state index is 12.4. The van der Waals surface area contributed by atoms with E-state index in [1.165, 1.54) is 20.0 Å². The highest BCUT2D eigenvalue weighted by atomic mass is 16.5. The molecule has 0 unspecified atom stereocenters. The molecule has 3 rings (SSSR count). The van der Waals surface area contributed by atoms with Crippen molar-refractivity contribution in [3.8, 4) is 0 Å². The van der Waals surface area contributed by atoms with Gasteiger partial charge in [-0.1, -0.05) is 6.07 Å². The number of amides is 1.